The van der Waals surface area contributed by atoms with Crippen molar-refractivity contribution in [3.8, 4) is 0 Å². The summed E-state index contributed by atoms with van der Waals surface area (Å²) in [4.78, 5) is 26.1. The summed E-state index contributed by atoms with van der Waals surface area (Å²) >= 11 is 0. The number of benzene rings is 1. The third kappa shape index (κ3) is 3.56. The van der Waals surface area contributed by atoms with Gasteiger partial charge in [0.25, 0.3) is 5.91 Å². The van der Waals surface area contributed by atoms with Gasteiger partial charge in [0.1, 0.15) is 5.82 Å². The SMILES string of the molecule is Nc1ccc(C(=O)NCCn2cnc(C(=O)O)c2)c(F)c1. The summed E-state index contributed by atoms with van der Waals surface area (Å²) in [5.74, 6) is -2.38. The number of anilines is 1. The van der Waals surface area contributed by atoms with E-state index in [0.29, 0.717) is 6.54 Å². The minimum absolute atomic E-state index is 0.0779. The normalized spacial score (nSPS) is 10.3. The lowest BCUT2D eigenvalue weighted by atomic mass is 10.2. The molecule has 0 aliphatic rings. The first-order chi connectivity index (χ1) is 9.97. The van der Waals surface area contributed by atoms with E-state index in [1.807, 2.05) is 0 Å². The van der Waals surface area contributed by atoms with E-state index in [1.54, 1.807) is 0 Å². The highest BCUT2D eigenvalue weighted by Gasteiger charge is 2.11. The van der Waals surface area contributed by atoms with Gasteiger partial charge in [0.2, 0.25) is 0 Å². The Labute approximate surface area is 119 Å². The van der Waals surface area contributed by atoms with E-state index < -0.39 is 17.7 Å². The first-order valence-electron chi connectivity index (χ1n) is 6.05. The van der Waals surface area contributed by atoms with Gasteiger partial charge in [0.15, 0.2) is 5.69 Å². The van der Waals surface area contributed by atoms with Crippen molar-refractivity contribution >= 4 is 17.6 Å². The number of hydrogen-bond donors (Lipinski definition) is 3. The van der Waals surface area contributed by atoms with E-state index in [1.165, 1.54) is 29.2 Å². The number of imidazole rings is 1. The fourth-order valence-electron chi connectivity index (χ4n) is 1.70. The summed E-state index contributed by atoms with van der Waals surface area (Å²) in [5.41, 5.74) is 5.47. The first kappa shape index (κ1) is 14.5. The monoisotopic (exact) mass is 292 g/mol. The number of carboxylic acid groups (broad SMARTS) is 1. The van der Waals surface area contributed by atoms with Gasteiger partial charge in [-0.3, -0.25) is 4.79 Å². The van der Waals surface area contributed by atoms with Gasteiger partial charge in [-0.1, -0.05) is 0 Å². The number of amides is 1. The maximum absolute atomic E-state index is 13.5. The van der Waals surface area contributed by atoms with Crippen molar-refractivity contribution in [3.05, 3.63) is 47.8 Å². The summed E-state index contributed by atoms with van der Waals surface area (Å²) in [7, 11) is 0. The van der Waals surface area contributed by atoms with Gasteiger partial charge in [-0.2, -0.15) is 0 Å². The molecule has 1 heterocycles. The van der Waals surface area contributed by atoms with Crippen LogP contribution in [0.3, 0.4) is 0 Å². The Morgan fingerprint density at radius 2 is 2.19 bits per heavy atom. The summed E-state index contributed by atoms with van der Waals surface area (Å²) in [6, 6.07) is 3.82. The van der Waals surface area contributed by atoms with Crippen LogP contribution in [-0.2, 0) is 6.54 Å². The van der Waals surface area contributed by atoms with Crippen molar-refractivity contribution in [3.63, 3.8) is 0 Å². The first-order valence-corrected chi connectivity index (χ1v) is 6.05. The molecule has 0 saturated carbocycles. The number of nitrogens with zero attached hydrogens (tertiary/aromatic N) is 2. The molecule has 0 radical (unpaired) electrons. The van der Waals surface area contributed by atoms with Crippen LogP contribution >= 0.6 is 0 Å². The average Bonchev–Trinajstić information content (AvgIpc) is 2.87. The molecule has 0 fully saturated rings. The van der Waals surface area contributed by atoms with E-state index in [2.05, 4.69) is 10.3 Å². The lowest BCUT2D eigenvalue weighted by Crippen LogP contribution is -2.27. The van der Waals surface area contributed by atoms with Crippen LogP contribution in [0.4, 0.5) is 10.1 Å². The summed E-state index contributed by atoms with van der Waals surface area (Å²) in [5, 5.41) is 11.2. The second kappa shape index (κ2) is 6.04. The fraction of sp³-hybridized carbons (Fsp3) is 0.154. The molecule has 1 aromatic carbocycles. The van der Waals surface area contributed by atoms with E-state index in [9.17, 15) is 14.0 Å². The largest absolute Gasteiger partial charge is 0.476 e. The van der Waals surface area contributed by atoms with Crippen molar-refractivity contribution < 1.29 is 19.1 Å². The zero-order chi connectivity index (χ0) is 15.4. The number of nitrogen functional groups attached to an aromatic ring is 1. The van der Waals surface area contributed by atoms with Crippen molar-refractivity contribution in [2.45, 2.75) is 6.54 Å². The summed E-state index contributed by atoms with van der Waals surface area (Å²) in [6.07, 6.45) is 2.69. The maximum Gasteiger partial charge on any atom is 0.356 e. The molecule has 21 heavy (non-hydrogen) atoms. The van der Waals surface area contributed by atoms with Crippen molar-refractivity contribution in [2.75, 3.05) is 12.3 Å². The lowest BCUT2D eigenvalue weighted by molar-refractivity contribution is 0.0690. The van der Waals surface area contributed by atoms with Crippen LogP contribution < -0.4 is 11.1 Å². The van der Waals surface area contributed by atoms with Crippen molar-refractivity contribution in [2.24, 2.45) is 0 Å². The topological polar surface area (TPSA) is 110 Å². The van der Waals surface area contributed by atoms with Gasteiger partial charge >= 0.3 is 5.97 Å². The molecule has 0 bridgehead atoms. The Morgan fingerprint density at radius 1 is 1.43 bits per heavy atom. The summed E-state index contributed by atoms with van der Waals surface area (Å²) < 4.78 is 15.0. The smallest absolute Gasteiger partial charge is 0.356 e. The number of halogens is 1. The van der Waals surface area contributed by atoms with E-state index in [-0.39, 0.29) is 23.5 Å². The molecule has 0 spiro atoms. The van der Waals surface area contributed by atoms with Crippen molar-refractivity contribution in [1.82, 2.24) is 14.9 Å². The van der Waals surface area contributed by atoms with Crippen LogP contribution in [-0.4, -0.2) is 33.1 Å². The van der Waals surface area contributed by atoms with E-state index in [4.69, 9.17) is 10.8 Å². The molecule has 8 heteroatoms. The molecule has 2 aromatic rings. The fourth-order valence-corrected chi connectivity index (χ4v) is 1.70. The van der Waals surface area contributed by atoms with Crippen LogP contribution in [0.15, 0.2) is 30.7 Å². The molecule has 0 saturated heterocycles. The van der Waals surface area contributed by atoms with E-state index >= 15 is 0 Å². The molecule has 110 valence electrons. The van der Waals surface area contributed by atoms with Gasteiger partial charge in [-0.15, -0.1) is 0 Å². The maximum atomic E-state index is 13.5. The Hall–Kier alpha value is -2.90. The third-order valence-corrected chi connectivity index (χ3v) is 2.75. The second-order valence-electron chi connectivity index (χ2n) is 4.30. The van der Waals surface area contributed by atoms with Gasteiger partial charge in [-0.25, -0.2) is 14.2 Å². The highest BCUT2D eigenvalue weighted by atomic mass is 19.1. The van der Waals surface area contributed by atoms with Crippen LogP contribution in [0.5, 0.6) is 0 Å². The van der Waals surface area contributed by atoms with Crippen LogP contribution in [0.2, 0.25) is 0 Å². The standard InChI is InChI=1S/C13H13FN4O3/c14-10-5-8(15)1-2-9(10)12(19)16-3-4-18-6-11(13(20)21)17-7-18/h1-2,5-7H,3-4,15H2,(H,16,19)(H,20,21). The predicted molar refractivity (Wildman–Crippen MR) is 72.3 cm³/mol. The van der Waals surface area contributed by atoms with Gasteiger partial charge in [0.05, 0.1) is 11.9 Å². The van der Waals surface area contributed by atoms with E-state index in [0.717, 1.165) is 6.07 Å². The molecule has 0 unspecified atom stereocenters. The van der Waals surface area contributed by atoms with Crippen molar-refractivity contribution in [1.29, 1.82) is 0 Å². The third-order valence-electron chi connectivity index (χ3n) is 2.75. The number of nitrogens with two attached hydrogens (primary N) is 1. The zero-order valence-electron chi connectivity index (χ0n) is 10.9. The number of rotatable bonds is 5. The number of nitrogens with one attached hydrogen (secondary N) is 1. The molecule has 7 nitrogen and oxygen atoms in total. The highest BCUT2D eigenvalue weighted by molar-refractivity contribution is 5.94. The van der Waals surface area contributed by atoms with Gasteiger partial charge in [0, 0.05) is 25.0 Å². The van der Waals surface area contributed by atoms with Crippen LogP contribution in [0.1, 0.15) is 20.8 Å². The number of carbonyl (C=O) groups is 2. The number of aromatic carboxylic acids is 1. The summed E-state index contributed by atoms with van der Waals surface area (Å²) in [6.45, 7) is 0.528. The number of carboxylic acids is 1. The Bertz CT molecular complexity index is 684. The zero-order valence-corrected chi connectivity index (χ0v) is 10.9. The predicted octanol–water partition coefficient (Wildman–Crippen LogP) is 0.733. The molecule has 1 aromatic heterocycles. The van der Waals surface area contributed by atoms with Crippen LogP contribution in [0, 0.1) is 5.82 Å². The molecule has 0 aliphatic carbocycles. The molecular formula is C13H13FN4O3. The quantitative estimate of drug-likeness (QED) is 0.704. The molecule has 0 aliphatic heterocycles. The number of carbonyl (C=O) groups excluding carboxylic acids is 1. The Kier molecular flexibility index (Phi) is 4.17. The Morgan fingerprint density at radius 3 is 2.81 bits per heavy atom. The molecular weight excluding hydrogens is 279 g/mol. The number of aromatic nitrogens is 2. The minimum Gasteiger partial charge on any atom is -0.476 e. The lowest BCUT2D eigenvalue weighted by Gasteiger charge is -2.07. The second-order valence-corrected chi connectivity index (χ2v) is 4.30. The molecule has 4 N–H and O–H groups in total. The molecule has 2 rings (SSSR count). The Balaban J connectivity index is 1.90. The van der Waals surface area contributed by atoms with Gasteiger partial charge in [-0.05, 0) is 18.2 Å². The average molecular weight is 292 g/mol. The molecule has 1 amide bonds. The number of hydrogen-bond acceptors (Lipinski definition) is 4. The van der Waals surface area contributed by atoms with Crippen LogP contribution in [0.25, 0.3) is 0 Å². The minimum atomic E-state index is -1.12. The molecule has 0 atom stereocenters. The van der Waals surface area contributed by atoms with Gasteiger partial charge < -0.3 is 20.7 Å². The highest BCUT2D eigenvalue weighted by Crippen LogP contribution is 2.11.